The van der Waals surface area contributed by atoms with Gasteiger partial charge in [0.25, 0.3) is 0 Å². The normalized spacial score (nSPS) is 10.0. The van der Waals surface area contributed by atoms with Gasteiger partial charge in [-0.2, -0.15) is 0 Å². The Kier molecular flexibility index (Phi) is 4.77. The molecule has 19 heavy (non-hydrogen) atoms. The third-order valence-electron chi connectivity index (χ3n) is 2.94. The molecular formula is C16H18N2O. The Balaban J connectivity index is 2.23. The Hall–Kier alpha value is -2.05. The molecule has 0 saturated heterocycles. The van der Waals surface area contributed by atoms with E-state index in [9.17, 15) is 0 Å². The molecule has 3 nitrogen and oxygen atoms in total. The van der Waals surface area contributed by atoms with Crippen LogP contribution < -0.4 is 0 Å². The molecule has 0 radical (unpaired) electrons. The fourth-order valence-corrected chi connectivity index (χ4v) is 1.98. The lowest BCUT2D eigenvalue weighted by Gasteiger charge is -2.08. The first-order valence-corrected chi connectivity index (χ1v) is 6.52. The Bertz CT molecular complexity index is 590. The van der Waals surface area contributed by atoms with Gasteiger partial charge in [-0.3, -0.25) is 0 Å². The topological polar surface area (TPSA) is 38.0 Å². The number of nitrogens with zero attached hydrogens (tertiary/aromatic N) is 2. The van der Waals surface area contributed by atoms with E-state index < -0.39 is 0 Å². The maximum absolute atomic E-state index is 8.77. The average Bonchev–Trinajstić information content (AvgIpc) is 2.88. The number of aliphatic hydroxyl groups excluding tert-OH is 1. The van der Waals surface area contributed by atoms with Gasteiger partial charge in [0.15, 0.2) is 0 Å². The minimum absolute atomic E-state index is 0.108. The van der Waals surface area contributed by atoms with Crippen LogP contribution in [0.4, 0.5) is 0 Å². The van der Waals surface area contributed by atoms with Crippen LogP contribution in [0.3, 0.4) is 0 Å². The zero-order chi connectivity index (χ0) is 13.5. The van der Waals surface area contributed by atoms with Crippen LogP contribution in [0.1, 0.15) is 30.3 Å². The maximum atomic E-state index is 8.77. The van der Waals surface area contributed by atoms with Crippen molar-refractivity contribution < 1.29 is 5.11 Å². The molecule has 0 amide bonds. The number of rotatable bonds is 4. The van der Waals surface area contributed by atoms with Crippen molar-refractivity contribution in [2.45, 2.75) is 26.3 Å². The quantitative estimate of drug-likeness (QED) is 0.850. The summed E-state index contributed by atoms with van der Waals surface area (Å²) in [6.07, 6.45) is 5.26. The summed E-state index contributed by atoms with van der Waals surface area (Å²) < 4.78 is 2.15. The minimum atomic E-state index is 0.108. The highest BCUT2D eigenvalue weighted by atomic mass is 16.2. The van der Waals surface area contributed by atoms with Crippen LogP contribution in [0, 0.1) is 11.8 Å². The van der Waals surface area contributed by atoms with Crippen molar-refractivity contribution in [2.75, 3.05) is 6.61 Å². The van der Waals surface area contributed by atoms with Crippen LogP contribution in [0.15, 0.2) is 36.7 Å². The molecule has 0 aliphatic heterocycles. The molecule has 0 bridgehead atoms. The van der Waals surface area contributed by atoms with Crippen LogP contribution in [0.25, 0.3) is 0 Å². The number of benzene rings is 1. The lowest BCUT2D eigenvalue weighted by Crippen LogP contribution is -2.04. The van der Waals surface area contributed by atoms with Crippen LogP contribution in [-0.2, 0) is 13.0 Å². The highest BCUT2D eigenvalue weighted by Crippen LogP contribution is 2.11. The van der Waals surface area contributed by atoms with Crippen LogP contribution >= 0.6 is 0 Å². The Labute approximate surface area is 113 Å². The van der Waals surface area contributed by atoms with E-state index in [0.717, 1.165) is 24.4 Å². The van der Waals surface area contributed by atoms with Crippen molar-refractivity contribution >= 4 is 0 Å². The second-order valence-corrected chi connectivity index (χ2v) is 4.26. The van der Waals surface area contributed by atoms with Gasteiger partial charge in [-0.25, -0.2) is 4.98 Å². The molecule has 0 spiro atoms. The van der Waals surface area contributed by atoms with Crippen molar-refractivity contribution in [3.8, 4) is 11.8 Å². The number of aliphatic hydroxyl groups is 1. The molecular weight excluding hydrogens is 236 g/mol. The molecule has 2 aromatic rings. The minimum Gasteiger partial charge on any atom is -0.395 e. The van der Waals surface area contributed by atoms with Crippen LogP contribution in [-0.4, -0.2) is 21.3 Å². The van der Waals surface area contributed by atoms with E-state index in [0.29, 0.717) is 6.42 Å². The predicted octanol–water partition coefficient (Wildman–Crippen LogP) is 2.23. The molecule has 98 valence electrons. The highest BCUT2D eigenvalue weighted by Gasteiger charge is 2.04. The van der Waals surface area contributed by atoms with Gasteiger partial charge in [-0.15, -0.1) is 0 Å². The number of hydrogen-bond donors (Lipinski definition) is 1. The molecule has 0 aliphatic rings. The largest absolute Gasteiger partial charge is 0.395 e. The SMILES string of the molecule is CCc1nccn1Cc1ccccc1C#CCCO. The third kappa shape index (κ3) is 3.46. The molecule has 1 N–H and O–H groups in total. The van der Waals surface area contributed by atoms with Gasteiger partial charge >= 0.3 is 0 Å². The number of hydrogen-bond acceptors (Lipinski definition) is 2. The van der Waals surface area contributed by atoms with Crippen molar-refractivity contribution in [1.29, 1.82) is 0 Å². The van der Waals surface area contributed by atoms with E-state index in [1.54, 1.807) is 0 Å². The smallest absolute Gasteiger partial charge is 0.108 e. The molecule has 0 aliphatic carbocycles. The van der Waals surface area contributed by atoms with Crippen LogP contribution in [0.5, 0.6) is 0 Å². The van der Waals surface area contributed by atoms with Crippen molar-refractivity contribution in [3.05, 3.63) is 53.6 Å². The van der Waals surface area contributed by atoms with Gasteiger partial charge in [0.1, 0.15) is 5.82 Å². The van der Waals surface area contributed by atoms with E-state index in [-0.39, 0.29) is 6.61 Å². The molecule has 0 saturated carbocycles. The highest BCUT2D eigenvalue weighted by molar-refractivity contribution is 5.41. The second-order valence-electron chi connectivity index (χ2n) is 4.26. The molecule has 1 heterocycles. The van der Waals surface area contributed by atoms with Gasteiger partial charge in [-0.1, -0.05) is 37.0 Å². The molecule has 3 heteroatoms. The predicted molar refractivity (Wildman–Crippen MR) is 75.7 cm³/mol. The second kappa shape index (κ2) is 6.77. The summed E-state index contributed by atoms with van der Waals surface area (Å²) in [5.41, 5.74) is 2.20. The molecule has 1 aromatic carbocycles. The van der Waals surface area contributed by atoms with Gasteiger partial charge < -0.3 is 9.67 Å². The Morgan fingerprint density at radius 2 is 2.16 bits per heavy atom. The van der Waals surface area contributed by atoms with Gasteiger partial charge in [-0.05, 0) is 11.6 Å². The number of imidazole rings is 1. The van der Waals surface area contributed by atoms with E-state index in [2.05, 4.69) is 34.4 Å². The summed E-state index contributed by atoms with van der Waals surface area (Å²) in [7, 11) is 0. The van der Waals surface area contributed by atoms with E-state index in [1.165, 1.54) is 5.56 Å². The Morgan fingerprint density at radius 1 is 1.32 bits per heavy atom. The average molecular weight is 254 g/mol. The lowest BCUT2D eigenvalue weighted by atomic mass is 10.1. The van der Waals surface area contributed by atoms with E-state index in [1.807, 2.05) is 30.6 Å². The molecule has 0 atom stereocenters. The third-order valence-corrected chi connectivity index (χ3v) is 2.94. The summed E-state index contributed by atoms with van der Waals surface area (Å²) in [5.74, 6) is 7.18. The first kappa shape index (κ1) is 13.4. The van der Waals surface area contributed by atoms with Crippen molar-refractivity contribution in [1.82, 2.24) is 9.55 Å². The van der Waals surface area contributed by atoms with Crippen LogP contribution in [0.2, 0.25) is 0 Å². The fourth-order valence-electron chi connectivity index (χ4n) is 1.98. The van der Waals surface area contributed by atoms with E-state index >= 15 is 0 Å². The van der Waals surface area contributed by atoms with E-state index in [4.69, 9.17) is 5.11 Å². The molecule has 0 fully saturated rings. The first-order valence-electron chi connectivity index (χ1n) is 6.52. The van der Waals surface area contributed by atoms with Gasteiger partial charge in [0.05, 0.1) is 6.61 Å². The lowest BCUT2D eigenvalue weighted by molar-refractivity contribution is 0.305. The summed E-state index contributed by atoms with van der Waals surface area (Å²) in [5, 5.41) is 8.77. The summed E-state index contributed by atoms with van der Waals surface area (Å²) in [6.45, 7) is 3.00. The molecule has 1 aromatic heterocycles. The van der Waals surface area contributed by atoms with Crippen molar-refractivity contribution in [3.63, 3.8) is 0 Å². The standard InChI is InChI=1S/C16H18N2O/c1-2-16-17-10-11-18(16)13-15-9-4-3-7-14(15)8-5-6-12-19/h3-4,7,9-11,19H,2,6,12-13H2,1H3. The maximum Gasteiger partial charge on any atom is 0.108 e. The number of aromatic nitrogens is 2. The molecule has 0 unspecified atom stereocenters. The monoisotopic (exact) mass is 254 g/mol. The fraction of sp³-hybridized carbons (Fsp3) is 0.312. The molecule has 2 rings (SSSR count). The summed E-state index contributed by atoms with van der Waals surface area (Å²) in [4.78, 5) is 4.33. The number of aryl methyl sites for hydroxylation is 1. The first-order chi connectivity index (χ1) is 9.35. The Morgan fingerprint density at radius 3 is 2.95 bits per heavy atom. The zero-order valence-electron chi connectivity index (χ0n) is 11.1. The summed E-state index contributed by atoms with van der Waals surface area (Å²) >= 11 is 0. The zero-order valence-corrected chi connectivity index (χ0v) is 11.1. The van der Waals surface area contributed by atoms with Crippen molar-refractivity contribution in [2.24, 2.45) is 0 Å². The summed E-state index contributed by atoms with van der Waals surface area (Å²) in [6, 6.07) is 8.11. The van der Waals surface area contributed by atoms with Gasteiger partial charge in [0.2, 0.25) is 0 Å². The van der Waals surface area contributed by atoms with Gasteiger partial charge in [0, 0.05) is 37.3 Å².